The molecule has 0 fully saturated rings. The topological polar surface area (TPSA) is 37.3 Å². The van der Waals surface area contributed by atoms with Crippen LogP contribution in [-0.2, 0) is 4.79 Å². The van der Waals surface area contributed by atoms with E-state index >= 15 is 0 Å². The number of aliphatic carboxylic acids is 1. The Hall–Kier alpha value is -1.05. The minimum atomic E-state index is -0.845. The molecule has 0 heterocycles. The van der Waals surface area contributed by atoms with E-state index in [0.717, 1.165) is 25.7 Å². The number of carboxylic acids is 1. The first-order chi connectivity index (χ1) is 12.8. The van der Waals surface area contributed by atoms with Gasteiger partial charge in [0.15, 0.2) is 0 Å². The largest absolute Gasteiger partial charge is 0.478 e. The molecule has 0 spiro atoms. The van der Waals surface area contributed by atoms with Crippen molar-refractivity contribution in [3.8, 4) is 0 Å². The maximum Gasteiger partial charge on any atom is 0.327 e. The van der Waals surface area contributed by atoms with Gasteiger partial charge < -0.3 is 5.11 Å². The summed E-state index contributed by atoms with van der Waals surface area (Å²) in [6, 6.07) is 0. The van der Waals surface area contributed by atoms with Gasteiger partial charge in [0.2, 0.25) is 0 Å². The van der Waals surface area contributed by atoms with Gasteiger partial charge in [-0.05, 0) is 38.5 Å². The third-order valence-corrected chi connectivity index (χ3v) is 4.89. The molecule has 0 saturated carbocycles. The highest BCUT2D eigenvalue weighted by Gasteiger charge is 1.93. The lowest BCUT2D eigenvalue weighted by Gasteiger charge is -2.02. The average molecular weight is 365 g/mol. The molecule has 0 atom stereocenters. The standard InChI is InChI=1S/C24H44O2/c1-2-3-4-5-6-7-8-9-10-11-12-13-14-15-16-17-18-19-20-21-22-23-24(25)26/h16-17,22-23H,2-15,18-21H2,1H3,(H,25,26). The fourth-order valence-electron chi connectivity index (χ4n) is 3.22. The molecule has 1 N–H and O–H groups in total. The minimum absolute atomic E-state index is 0.845. The summed E-state index contributed by atoms with van der Waals surface area (Å²) in [7, 11) is 0. The first-order valence-electron chi connectivity index (χ1n) is 11.3. The zero-order valence-electron chi connectivity index (χ0n) is 17.4. The molecule has 0 aliphatic rings. The fourth-order valence-corrected chi connectivity index (χ4v) is 3.22. The van der Waals surface area contributed by atoms with Gasteiger partial charge in [0.25, 0.3) is 0 Å². The predicted octanol–water partition coefficient (Wildman–Crippen LogP) is 8.23. The third kappa shape index (κ3) is 22.9. The zero-order chi connectivity index (χ0) is 19.1. The van der Waals surface area contributed by atoms with Gasteiger partial charge in [-0.25, -0.2) is 4.79 Å². The van der Waals surface area contributed by atoms with E-state index in [1.807, 2.05) is 0 Å². The Labute approximate surface area is 163 Å². The second-order valence-corrected chi connectivity index (χ2v) is 7.53. The molecular formula is C24H44O2. The number of carboxylic acid groups (broad SMARTS) is 1. The Morgan fingerprint density at radius 1 is 0.577 bits per heavy atom. The maximum atomic E-state index is 10.3. The highest BCUT2D eigenvalue weighted by molar-refractivity contribution is 5.79. The molecule has 0 aromatic carbocycles. The Bertz CT molecular complexity index is 344. The van der Waals surface area contributed by atoms with Crippen molar-refractivity contribution in [3.05, 3.63) is 24.3 Å². The van der Waals surface area contributed by atoms with Gasteiger partial charge in [0.1, 0.15) is 0 Å². The molecule has 2 heteroatoms. The first kappa shape index (κ1) is 24.9. The van der Waals surface area contributed by atoms with Crippen LogP contribution in [-0.4, -0.2) is 11.1 Å². The number of carbonyl (C=O) groups is 1. The monoisotopic (exact) mass is 364 g/mol. The van der Waals surface area contributed by atoms with Crippen LogP contribution in [0.5, 0.6) is 0 Å². The van der Waals surface area contributed by atoms with Crippen LogP contribution in [0.3, 0.4) is 0 Å². The van der Waals surface area contributed by atoms with E-state index in [0.29, 0.717) is 0 Å². The van der Waals surface area contributed by atoms with Crippen molar-refractivity contribution in [2.45, 2.75) is 122 Å². The summed E-state index contributed by atoms with van der Waals surface area (Å²) in [5.74, 6) is -0.845. The summed E-state index contributed by atoms with van der Waals surface area (Å²) in [5, 5.41) is 8.47. The Balaban J connectivity index is 3.11. The second-order valence-electron chi connectivity index (χ2n) is 7.53. The molecule has 0 amide bonds. The lowest BCUT2D eigenvalue weighted by molar-refractivity contribution is -0.131. The van der Waals surface area contributed by atoms with Crippen molar-refractivity contribution in [1.29, 1.82) is 0 Å². The molecule has 0 aliphatic carbocycles. The number of hydrogen-bond donors (Lipinski definition) is 1. The molecule has 0 aromatic heterocycles. The van der Waals surface area contributed by atoms with Crippen molar-refractivity contribution >= 4 is 5.97 Å². The Kier molecular flexibility index (Phi) is 21.1. The van der Waals surface area contributed by atoms with Gasteiger partial charge in [-0.15, -0.1) is 0 Å². The van der Waals surface area contributed by atoms with Crippen LogP contribution < -0.4 is 0 Å². The molecule has 0 aromatic rings. The molecule has 0 bridgehead atoms. The first-order valence-corrected chi connectivity index (χ1v) is 11.3. The molecule has 26 heavy (non-hydrogen) atoms. The SMILES string of the molecule is CCCCCCCCCCCCCCCC=CCCCCC=CC(=O)O. The summed E-state index contributed by atoms with van der Waals surface area (Å²) >= 11 is 0. The van der Waals surface area contributed by atoms with E-state index < -0.39 is 5.97 Å². The van der Waals surface area contributed by atoms with Gasteiger partial charge in [0, 0.05) is 6.08 Å². The predicted molar refractivity (Wildman–Crippen MR) is 115 cm³/mol. The van der Waals surface area contributed by atoms with Gasteiger partial charge in [0.05, 0.1) is 0 Å². The molecule has 0 unspecified atom stereocenters. The van der Waals surface area contributed by atoms with Crippen LogP contribution in [0.4, 0.5) is 0 Å². The third-order valence-electron chi connectivity index (χ3n) is 4.89. The summed E-state index contributed by atoms with van der Waals surface area (Å²) in [6.45, 7) is 2.28. The number of allylic oxidation sites excluding steroid dienone is 3. The Morgan fingerprint density at radius 2 is 0.923 bits per heavy atom. The quantitative estimate of drug-likeness (QED) is 0.134. The van der Waals surface area contributed by atoms with E-state index in [1.165, 1.54) is 96.0 Å². The summed E-state index contributed by atoms with van der Waals surface area (Å²) in [6.07, 6.45) is 31.5. The van der Waals surface area contributed by atoms with Crippen LogP contribution >= 0.6 is 0 Å². The van der Waals surface area contributed by atoms with Gasteiger partial charge in [-0.2, -0.15) is 0 Å². The van der Waals surface area contributed by atoms with Gasteiger partial charge in [-0.3, -0.25) is 0 Å². The summed E-state index contributed by atoms with van der Waals surface area (Å²) < 4.78 is 0. The van der Waals surface area contributed by atoms with Crippen LogP contribution in [0.1, 0.15) is 122 Å². The molecule has 0 saturated heterocycles. The summed E-state index contributed by atoms with van der Waals surface area (Å²) in [4.78, 5) is 10.3. The highest BCUT2D eigenvalue weighted by atomic mass is 16.4. The maximum absolute atomic E-state index is 10.3. The number of rotatable bonds is 20. The number of unbranched alkanes of at least 4 members (excludes halogenated alkanes) is 16. The van der Waals surface area contributed by atoms with E-state index in [2.05, 4.69) is 19.1 Å². The van der Waals surface area contributed by atoms with Crippen molar-refractivity contribution in [2.24, 2.45) is 0 Å². The molecule has 2 nitrogen and oxygen atoms in total. The Morgan fingerprint density at radius 3 is 1.35 bits per heavy atom. The van der Waals surface area contributed by atoms with E-state index in [-0.39, 0.29) is 0 Å². The summed E-state index contributed by atoms with van der Waals surface area (Å²) in [5.41, 5.74) is 0. The van der Waals surface area contributed by atoms with Gasteiger partial charge in [-0.1, -0.05) is 102 Å². The molecule has 152 valence electrons. The molecule has 0 aliphatic heterocycles. The second kappa shape index (κ2) is 22.0. The zero-order valence-corrected chi connectivity index (χ0v) is 17.4. The smallest absolute Gasteiger partial charge is 0.327 e. The van der Waals surface area contributed by atoms with E-state index in [9.17, 15) is 4.79 Å². The highest BCUT2D eigenvalue weighted by Crippen LogP contribution is 2.13. The molecular weight excluding hydrogens is 320 g/mol. The molecule has 0 rings (SSSR count). The van der Waals surface area contributed by atoms with E-state index in [1.54, 1.807) is 6.08 Å². The van der Waals surface area contributed by atoms with Crippen molar-refractivity contribution in [2.75, 3.05) is 0 Å². The van der Waals surface area contributed by atoms with Crippen molar-refractivity contribution in [1.82, 2.24) is 0 Å². The van der Waals surface area contributed by atoms with Crippen molar-refractivity contribution in [3.63, 3.8) is 0 Å². The lowest BCUT2D eigenvalue weighted by Crippen LogP contribution is -1.85. The van der Waals surface area contributed by atoms with Crippen LogP contribution in [0.2, 0.25) is 0 Å². The molecule has 0 radical (unpaired) electrons. The normalized spacial score (nSPS) is 11.7. The fraction of sp³-hybridized carbons (Fsp3) is 0.792. The lowest BCUT2D eigenvalue weighted by atomic mass is 10.0. The van der Waals surface area contributed by atoms with Crippen molar-refractivity contribution < 1.29 is 9.90 Å². The number of hydrogen-bond acceptors (Lipinski definition) is 1. The van der Waals surface area contributed by atoms with Crippen LogP contribution in [0.15, 0.2) is 24.3 Å². The van der Waals surface area contributed by atoms with Gasteiger partial charge >= 0.3 is 5.97 Å². The van der Waals surface area contributed by atoms with E-state index in [4.69, 9.17) is 5.11 Å². The average Bonchev–Trinajstić information content (AvgIpc) is 2.62. The van der Waals surface area contributed by atoms with Crippen LogP contribution in [0, 0.1) is 0 Å². The minimum Gasteiger partial charge on any atom is -0.478 e. The van der Waals surface area contributed by atoms with Crippen LogP contribution in [0.25, 0.3) is 0 Å².